The van der Waals surface area contributed by atoms with E-state index in [0.29, 0.717) is 0 Å². The van der Waals surface area contributed by atoms with Gasteiger partial charge in [0.1, 0.15) is 110 Å². The minimum Gasteiger partial charge on any atom is -0.479 e. The minimum absolute atomic E-state index is 0.956. The normalized spacial score (nSPS) is 49.1. The summed E-state index contributed by atoms with van der Waals surface area (Å²) >= 11 is 0. The molecule has 6 fully saturated rings. The van der Waals surface area contributed by atoms with E-state index < -0.39 is 220 Å². The van der Waals surface area contributed by atoms with Gasteiger partial charge in [-0.2, -0.15) is 0 Å². The number of carboxylic acids is 6. The van der Waals surface area contributed by atoms with Gasteiger partial charge in [0.15, 0.2) is 74.4 Å². The van der Waals surface area contributed by atoms with Crippen LogP contribution in [0.1, 0.15) is 0 Å². The van der Waals surface area contributed by atoms with Crippen LogP contribution < -0.4 is 0 Å². The molecule has 0 aromatic rings. The molecule has 0 saturated carbocycles. The number of aliphatic hydroxyl groups is 13. The molecule has 0 spiro atoms. The number of aliphatic hydroxyl groups excluding tert-OH is 13. The summed E-state index contributed by atoms with van der Waals surface area (Å²) in [6.07, 6.45) is -72.2. The molecule has 6 aliphatic heterocycles. The van der Waals surface area contributed by atoms with Gasteiger partial charge in [0.2, 0.25) is 0 Å². The van der Waals surface area contributed by atoms with Crippen LogP contribution in [-0.4, -0.2) is 324 Å². The van der Waals surface area contributed by atoms with Crippen molar-refractivity contribution in [2.45, 2.75) is 184 Å². The summed E-state index contributed by atoms with van der Waals surface area (Å²) in [5, 5.41) is 198. The summed E-state index contributed by atoms with van der Waals surface area (Å²) in [5.41, 5.74) is 0. The first kappa shape index (κ1) is 59.1. The maximum atomic E-state index is 12.5. The lowest BCUT2D eigenvalue weighted by Gasteiger charge is -2.48. The molecule has 0 aromatic heterocycles. The molecule has 19 N–H and O–H groups in total. The third-order valence-corrected chi connectivity index (χ3v) is 12.5. The van der Waals surface area contributed by atoms with Gasteiger partial charge in [-0.25, -0.2) is 28.8 Å². The van der Waals surface area contributed by atoms with Crippen molar-refractivity contribution in [2.24, 2.45) is 0 Å². The predicted molar refractivity (Wildman–Crippen MR) is 207 cm³/mol. The van der Waals surface area contributed by atoms with E-state index in [1.54, 1.807) is 0 Å². The fourth-order valence-corrected chi connectivity index (χ4v) is 8.59. The first-order valence-corrected chi connectivity index (χ1v) is 21.5. The van der Waals surface area contributed by atoms with Crippen LogP contribution in [0, 0.1) is 0 Å². The van der Waals surface area contributed by atoms with Gasteiger partial charge in [-0.05, 0) is 0 Å². The molecular weight excluding hydrogens is 1040 g/mol. The third-order valence-electron chi connectivity index (χ3n) is 12.5. The average molecular weight is 1090 g/mol. The number of aliphatic carboxylic acids is 6. The Balaban J connectivity index is 1.13. The number of carboxylic acid groups (broad SMARTS) is 6. The molecule has 37 nitrogen and oxygen atoms in total. The zero-order valence-electron chi connectivity index (χ0n) is 37.2. The third kappa shape index (κ3) is 11.6. The Bertz CT molecular complexity index is 2010. The molecule has 0 radical (unpaired) electrons. The lowest BCUT2D eigenvalue weighted by Crippen LogP contribution is -2.69. The monoisotopic (exact) mass is 1090 g/mol. The van der Waals surface area contributed by atoms with E-state index in [9.17, 15) is 126 Å². The Morgan fingerprint density at radius 3 is 0.649 bits per heavy atom. The first-order valence-electron chi connectivity index (χ1n) is 21.5. The summed E-state index contributed by atoms with van der Waals surface area (Å²) in [4.78, 5) is 73.2. The number of rotatable bonds is 17. The van der Waals surface area contributed by atoms with Crippen molar-refractivity contribution in [3.05, 3.63) is 0 Å². The smallest absolute Gasteiger partial charge is 0.335 e. The van der Waals surface area contributed by atoms with Gasteiger partial charge in [-0.1, -0.05) is 0 Å². The highest BCUT2D eigenvalue weighted by Gasteiger charge is 2.61. The molecule has 0 aromatic carbocycles. The lowest BCUT2D eigenvalue weighted by molar-refractivity contribution is -0.386. The molecule has 422 valence electrons. The second-order valence-electron chi connectivity index (χ2n) is 17.2. The zero-order chi connectivity index (χ0) is 55.3. The first-order chi connectivity index (χ1) is 34.5. The van der Waals surface area contributed by atoms with Gasteiger partial charge in [0.05, 0.1) is 0 Å². The van der Waals surface area contributed by atoms with Crippen LogP contribution in [0.3, 0.4) is 0 Å². The summed E-state index contributed by atoms with van der Waals surface area (Å²) in [6.45, 7) is 0. The summed E-state index contributed by atoms with van der Waals surface area (Å²) in [6, 6.07) is 0. The topological polar surface area (TPSA) is 598 Å². The van der Waals surface area contributed by atoms with E-state index in [0.717, 1.165) is 7.11 Å². The fourth-order valence-electron chi connectivity index (χ4n) is 8.59. The molecule has 0 aliphatic carbocycles. The number of ether oxygens (including phenoxy) is 12. The van der Waals surface area contributed by atoms with Crippen LogP contribution in [0.2, 0.25) is 0 Å². The maximum Gasteiger partial charge on any atom is 0.335 e. The van der Waals surface area contributed by atoms with Crippen molar-refractivity contribution in [1.29, 1.82) is 0 Å². The fraction of sp³-hybridized carbons (Fsp3) is 0.838. The van der Waals surface area contributed by atoms with E-state index in [-0.39, 0.29) is 0 Å². The van der Waals surface area contributed by atoms with Crippen molar-refractivity contribution in [3.63, 3.8) is 0 Å². The molecule has 30 atom stereocenters. The van der Waals surface area contributed by atoms with Crippen LogP contribution in [0.25, 0.3) is 0 Å². The van der Waals surface area contributed by atoms with Crippen molar-refractivity contribution in [2.75, 3.05) is 7.11 Å². The second kappa shape index (κ2) is 23.6. The molecule has 37 heteroatoms. The van der Waals surface area contributed by atoms with Gasteiger partial charge in [-0.3, -0.25) is 0 Å². The van der Waals surface area contributed by atoms with Crippen LogP contribution in [0.15, 0.2) is 0 Å². The standard InChI is InChI=1S/C37H52O37/c1-63-14-3(39)9(45)33(70-20(14)26(50)51)66-16-5(41)11(47)35(72-22(16)28(54)55)68-18-7(43)13(49)37(74-24(18)30(58)59)69-19-6(42)12(48)36(73-25(19)31(60)61)67-17-4(40)10(46)34(71-23(17)29(56)57)65-15-2(38)8(44)32(62)64-21(15)27(52)53/h2-25,32-49,62H,1H3,(H,50,51)(H,52,53)(H,54,55)(H,56,57)(H,58,59)(H,60,61)/t2?,3-,4-,5?,6?,7+,8?,9?,10?,11?,12?,13?,14+,15-,16-,17+,18+,19-,20?,21-,22?,23?,24?,25-,32-,33+,34?,35-,36-,37+/m0/s1. The van der Waals surface area contributed by atoms with Gasteiger partial charge in [0.25, 0.3) is 0 Å². The molecule has 6 aliphatic rings. The predicted octanol–water partition coefficient (Wildman–Crippen LogP) is -12.9. The number of methoxy groups -OCH3 is 1. The zero-order valence-corrected chi connectivity index (χ0v) is 37.2. The van der Waals surface area contributed by atoms with Gasteiger partial charge >= 0.3 is 35.8 Å². The van der Waals surface area contributed by atoms with Crippen LogP contribution in [-0.2, 0) is 85.6 Å². The number of hydrogen-bond acceptors (Lipinski definition) is 31. The Morgan fingerprint density at radius 1 is 0.270 bits per heavy atom. The van der Waals surface area contributed by atoms with Crippen LogP contribution in [0.5, 0.6) is 0 Å². The molecule has 74 heavy (non-hydrogen) atoms. The summed E-state index contributed by atoms with van der Waals surface area (Å²) in [7, 11) is 0.956. The molecule has 0 amide bonds. The lowest BCUT2D eigenvalue weighted by atomic mass is 9.95. The average Bonchev–Trinajstić information content (AvgIpc) is 3.33. The highest BCUT2D eigenvalue weighted by molar-refractivity contribution is 5.76. The quantitative estimate of drug-likeness (QED) is 0.0643. The van der Waals surface area contributed by atoms with E-state index in [1.165, 1.54) is 0 Å². The largest absolute Gasteiger partial charge is 0.479 e. The van der Waals surface area contributed by atoms with Crippen LogP contribution >= 0.6 is 0 Å². The molecule has 6 heterocycles. The Hall–Kier alpha value is -4.18. The Morgan fingerprint density at radius 2 is 0.446 bits per heavy atom. The van der Waals surface area contributed by atoms with Crippen LogP contribution in [0.4, 0.5) is 0 Å². The SMILES string of the molecule is CO[C@H]1C(C(=O)O)O[C@@H](O[C@@H]2C(C(=O)O)O[C@H](O[C@H]3C(C(=O)O)O[C@@H](O[C@H]4C(O)C(O)[C@@H](O[C@H]5C(C(=O)O)OC(O[C@H]6C(O)C(O)[C@@H](O)O[C@@H]6C(=O)O)C(O)[C@@H]5O)O[C@@H]4C(=O)O)C(O)[C@H]3O)C(O)C2O)C(O)[C@@H]1O. The van der Waals surface area contributed by atoms with E-state index >= 15 is 0 Å². The van der Waals surface area contributed by atoms with E-state index in [1.807, 2.05) is 0 Å². The summed E-state index contributed by atoms with van der Waals surface area (Å²) < 4.78 is 61.8. The van der Waals surface area contributed by atoms with E-state index in [4.69, 9.17) is 52.1 Å². The highest BCUT2D eigenvalue weighted by atomic mass is 16.8. The molecule has 14 unspecified atom stereocenters. The molecule has 0 bridgehead atoms. The summed E-state index contributed by atoms with van der Waals surface area (Å²) in [5.74, 6) is -12.0. The minimum atomic E-state index is -2.64. The number of carbonyl (C=O) groups is 6. The Kier molecular flexibility index (Phi) is 18.8. The van der Waals surface area contributed by atoms with Gasteiger partial charge in [0, 0.05) is 7.11 Å². The van der Waals surface area contributed by atoms with Gasteiger partial charge < -0.3 is 154 Å². The van der Waals surface area contributed by atoms with E-state index in [2.05, 4.69) is 4.74 Å². The van der Waals surface area contributed by atoms with Crippen molar-refractivity contribution < 1.29 is 183 Å². The second-order valence-corrected chi connectivity index (χ2v) is 17.2. The highest BCUT2D eigenvalue weighted by Crippen LogP contribution is 2.37. The number of hydrogen-bond donors (Lipinski definition) is 19. The van der Waals surface area contributed by atoms with Crippen molar-refractivity contribution >= 4 is 35.8 Å². The maximum absolute atomic E-state index is 12.5. The van der Waals surface area contributed by atoms with Gasteiger partial charge in [-0.15, -0.1) is 0 Å². The van der Waals surface area contributed by atoms with Crippen molar-refractivity contribution in [1.82, 2.24) is 0 Å². The molecule has 6 saturated heterocycles. The molecular formula is C37H52O37. The van der Waals surface area contributed by atoms with Crippen molar-refractivity contribution in [3.8, 4) is 0 Å². The Labute approximate surface area is 409 Å². The molecule has 6 rings (SSSR count).